The predicted molar refractivity (Wildman–Crippen MR) is 120 cm³/mol. The van der Waals surface area contributed by atoms with Gasteiger partial charge in [0.1, 0.15) is 5.60 Å². The van der Waals surface area contributed by atoms with Crippen molar-refractivity contribution < 1.29 is 19.1 Å². The number of alkyl carbamates (subject to hydrolysis) is 1. The van der Waals surface area contributed by atoms with Gasteiger partial charge in [-0.25, -0.2) is 4.79 Å². The number of carbonyl (C=O) groups excluding carboxylic acids is 2. The molecule has 0 bridgehead atoms. The van der Waals surface area contributed by atoms with Crippen molar-refractivity contribution in [1.82, 2.24) is 5.32 Å². The average Bonchev–Trinajstić information content (AvgIpc) is 2.67. The number of hydrogen-bond acceptors (Lipinski definition) is 5. The maximum atomic E-state index is 13.2. The van der Waals surface area contributed by atoms with Gasteiger partial charge < -0.3 is 25.0 Å². The lowest BCUT2D eigenvalue weighted by Gasteiger charge is -2.36. The Morgan fingerprint density at radius 1 is 1.17 bits per heavy atom. The van der Waals surface area contributed by atoms with Crippen LogP contribution in [0.25, 0.3) is 0 Å². The molecule has 0 atom stereocenters. The first-order chi connectivity index (χ1) is 14.1. The molecule has 1 saturated heterocycles. The quantitative estimate of drug-likeness (QED) is 0.693. The van der Waals surface area contributed by atoms with Crippen molar-refractivity contribution in [2.75, 3.05) is 36.5 Å². The van der Waals surface area contributed by atoms with Gasteiger partial charge in [-0.2, -0.15) is 0 Å². The summed E-state index contributed by atoms with van der Waals surface area (Å²) >= 11 is 0. The van der Waals surface area contributed by atoms with Crippen LogP contribution in [0.15, 0.2) is 24.3 Å². The van der Waals surface area contributed by atoms with Gasteiger partial charge in [0.05, 0.1) is 5.41 Å². The van der Waals surface area contributed by atoms with E-state index >= 15 is 0 Å². The van der Waals surface area contributed by atoms with Crippen LogP contribution < -0.4 is 15.5 Å². The highest BCUT2D eigenvalue weighted by atomic mass is 16.6. The zero-order valence-electron chi connectivity index (χ0n) is 19.2. The summed E-state index contributed by atoms with van der Waals surface area (Å²) in [5.74, 6) is -0.106. The van der Waals surface area contributed by atoms with Gasteiger partial charge in [0.15, 0.2) is 0 Å². The van der Waals surface area contributed by atoms with Gasteiger partial charge in [-0.1, -0.05) is 0 Å². The normalized spacial score (nSPS) is 16.1. The van der Waals surface area contributed by atoms with Gasteiger partial charge in [0, 0.05) is 43.7 Å². The van der Waals surface area contributed by atoms with Crippen LogP contribution in [0.1, 0.15) is 54.4 Å². The SMILES string of the molecule is CCN(c1ccc(NC(=O)C2(CNC(=O)OC(C)(C)C)CCOCC2)cc1)C(C)C. The number of amides is 2. The molecule has 7 heteroatoms. The summed E-state index contributed by atoms with van der Waals surface area (Å²) < 4.78 is 10.8. The summed E-state index contributed by atoms with van der Waals surface area (Å²) in [6, 6.07) is 8.29. The summed E-state index contributed by atoms with van der Waals surface area (Å²) in [6.45, 7) is 14.0. The topological polar surface area (TPSA) is 79.9 Å². The van der Waals surface area contributed by atoms with Gasteiger partial charge in [-0.15, -0.1) is 0 Å². The largest absolute Gasteiger partial charge is 0.444 e. The van der Waals surface area contributed by atoms with Gasteiger partial charge in [0.2, 0.25) is 5.91 Å². The van der Waals surface area contributed by atoms with E-state index in [-0.39, 0.29) is 12.5 Å². The standard InChI is InChI=1S/C23H37N3O4/c1-7-26(17(2)3)19-10-8-18(9-11-19)25-20(27)23(12-14-29-15-13-23)16-24-21(28)30-22(4,5)6/h8-11,17H,7,12-16H2,1-6H3,(H,24,28)(H,25,27). The Bertz CT molecular complexity index is 704. The maximum Gasteiger partial charge on any atom is 0.407 e. The van der Waals surface area contributed by atoms with E-state index in [4.69, 9.17) is 9.47 Å². The van der Waals surface area contributed by atoms with Crippen molar-refractivity contribution in [3.8, 4) is 0 Å². The van der Waals surface area contributed by atoms with Crippen molar-refractivity contribution in [2.24, 2.45) is 5.41 Å². The van der Waals surface area contributed by atoms with E-state index in [0.29, 0.717) is 32.1 Å². The molecule has 1 fully saturated rings. The number of rotatable bonds is 7. The second-order valence-corrected chi connectivity index (χ2v) is 9.13. The van der Waals surface area contributed by atoms with Crippen LogP contribution in [0.5, 0.6) is 0 Å². The monoisotopic (exact) mass is 419 g/mol. The summed E-state index contributed by atoms with van der Waals surface area (Å²) in [5, 5.41) is 5.81. The lowest BCUT2D eigenvalue weighted by Crippen LogP contribution is -2.49. The van der Waals surface area contributed by atoms with Crippen molar-refractivity contribution in [1.29, 1.82) is 0 Å². The molecule has 1 aromatic carbocycles. The fraction of sp³-hybridized carbons (Fsp3) is 0.652. The maximum absolute atomic E-state index is 13.2. The summed E-state index contributed by atoms with van der Waals surface area (Å²) in [4.78, 5) is 27.6. The van der Waals surface area contributed by atoms with E-state index in [1.165, 1.54) is 0 Å². The summed E-state index contributed by atoms with van der Waals surface area (Å²) in [5.41, 5.74) is 0.560. The molecular formula is C23H37N3O4. The zero-order valence-corrected chi connectivity index (χ0v) is 19.2. The summed E-state index contributed by atoms with van der Waals surface area (Å²) in [7, 11) is 0. The minimum absolute atomic E-state index is 0.106. The second kappa shape index (κ2) is 10.2. The van der Waals surface area contributed by atoms with E-state index in [2.05, 4.69) is 36.3 Å². The Kier molecular flexibility index (Phi) is 8.12. The van der Waals surface area contributed by atoms with Gasteiger partial charge in [-0.05, 0) is 78.6 Å². The highest BCUT2D eigenvalue weighted by molar-refractivity contribution is 5.96. The average molecular weight is 420 g/mol. The van der Waals surface area contributed by atoms with Crippen LogP contribution in [-0.4, -0.2) is 49.9 Å². The van der Waals surface area contributed by atoms with E-state index < -0.39 is 17.1 Å². The van der Waals surface area contributed by atoms with Crippen LogP contribution in [0, 0.1) is 5.41 Å². The molecule has 2 amide bonds. The van der Waals surface area contributed by atoms with E-state index in [0.717, 1.165) is 17.9 Å². The van der Waals surface area contributed by atoms with Crippen LogP contribution in [0.4, 0.5) is 16.2 Å². The molecule has 168 valence electrons. The highest BCUT2D eigenvalue weighted by Crippen LogP contribution is 2.32. The lowest BCUT2D eigenvalue weighted by atomic mass is 9.79. The van der Waals surface area contributed by atoms with Crippen molar-refractivity contribution in [3.63, 3.8) is 0 Å². The third-order valence-electron chi connectivity index (χ3n) is 5.32. The smallest absolute Gasteiger partial charge is 0.407 e. The molecule has 7 nitrogen and oxygen atoms in total. The molecule has 2 rings (SSSR count). The number of nitrogens with zero attached hydrogens (tertiary/aromatic N) is 1. The van der Waals surface area contributed by atoms with Crippen molar-refractivity contribution in [2.45, 2.75) is 66.0 Å². The van der Waals surface area contributed by atoms with Crippen LogP contribution in [-0.2, 0) is 14.3 Å². The highest BCUT2D eigenvalue weighted by Gasteiger charge is 2.40. The molecule has 0 aromatic heterocycles. The van der Waals surface area contributed by atoms with Crippen LogP contribution in [0.3, 0.4) is 0 Å². The van der Waals surface area contributed by atoms with Crippen LogP contribution >= 0.6 is 0 Å². The van der Waals surface area contributed by atoms with Gasteiger partial charge >= 0.3 is 6.09 Å². The molecule has 0 saturated carbocycles. The van der Waals surface area contributed by atoms with Crippen LogP contribution in [0.2, 0.25) is 0 Å². The fourth-order valence-corrected chi connectivity index (χ4v) is 3.65. The van der Waals surface area contributed by atoms with E-state index in [9.17, 15) is 9.59 Å². The van der Waals surface area contributed by atoms with Gasteiger partial charge in [0.25, 0.3) is 0 Å². The molecule has 1 aromatic rings. The van der Waals surface area contributed by atoms with Gasteiger partial charge in [-0.3, -0.25) is 4.79 Å². The minimum Gasteiger partial charge on any atom is -0.444 e. The molecule has 1 heterocycles. The number of anilines is 2. The molecular weight excluding hydrogens is 382 g/mol. The number of benzene rings is 1. The van der Waals surface area contributed by atoms with E-state index in [1.807, 2.05) is 45.0 Å². The first-order valence-electron chi connectivity index (χ1n) is 10.8. The molecule has 1 aliphatic heterocycles. The third-order valence-corrected chi connectivity index (χ3v) is 5.32. The first-order valence-corrected chi connectivity index (χ1v) is 10.8. The zero-order chi connectivity index (χ0) is 22.4. The predicted octanol–water partition coefficient (Wildman–Crippen LogP) is 4.18. The van der Waals surface area contributed by atoms with E-state index in [1.54, 1.807) is 0 Å². The molecule has 1 aliphatic rings. The Morgan fingerprint density at radius 3 is 2.27 bits per heavy atom. The Morgan fingerprint density at radius 2 is 1.77 bits per heavy atom. The lowest BCUT2D eigenvalue weighted by molar-refractivity contribution is -0.130. The Balaban J connectivity index is 2.07. The third kappa shape index (κ3) is 6.62. The number of hydrogen-bond donors (Lipinski definition) is 2. The molecule has 0 spiro atoms. The first kappa shape index (κ1) is 24.0. The molecule has 2 N–H and O–H groups in total. The summed E-state index contributed by atoms with van der Waals surface area (Å²) in [6.07, 6.45) is 0.576. The number of nitrogens with one attached hydrogen (secondary N) is 2. The molecule has 0 aliphatic carbocycles. The van der Waals surface area contributed by atoms with Crippen molar-refractivity contribution in [3.05, 3.63) is 24.3 Å². The molecule has 30 heavy (non-hydrogen) atoms. The minimum atomic E-state index is -0.721. The molecule has 0 unspecified atom stereocenters. The molecule has 0 radical (unpaired) electrons. The number of ether oxygens (including phenoxy) is 2. The number of carbonyl (C=O) groups is 2. The van der Waals surface area contributed by atoms with Crippen molar-refractivity contribution >= 4 is 23.4 Å². The fourth-order valence-electron chi connectivity index (χ4n) is 3.65. The Hall–Kier alpha value is -2.28. The second-order valence-electron chi connectivity index (χ2n) is 9.13. The Labute approximate surface area is 180 Å².